The molecule has 98 valence electrons. The van der Waals surface area contributed by atoms with E-state index in [0.29, 0.717) is 11.7 Å². The van der Waals surface area contributed by atoms with Crippen LogP contribution >= 0.6 is 31.9 Å². The van der Waals surface area contributed by atoms with E-state index >= 15 is 0 Å². The predicted octanol–water partition coefficient (Wildman–Crippen LogP) is 5.43. The zero-order chi connectivity index (χ0) is 13.5. The zero-order valence-electron chi connectivity index (χ0n) is 10.9. The molecule has 2 atom stereocenters. The van der Waals surface area contributed by atoms with E-state index in [-0.39, 0.29) is 5.41 Å². The summed E-state index contributed by atoms with van der Waals surface area (Å²) in [5.74, 6) is 0.859. The molecule has 1 aliphatic carbocycles. The van der Waals surface area contributed by atoms with E-state index in [1.165, 1.54) is 5.57 Å². The second-order valence-corrected chi connectivity index (χ2v) is 6.75. The highest BCUT2D eigenvalue weighted by Gasteiger charge is 2.41. The van der Waals surface area contributed by atoms with Crippen LogP contribution in [-0.4, -0.2) is 5.11 Å². The second-order valence-electron chi connectivity index (χ2n) is 5.44. The first-order valence-corrected chi connectivity index (χ1v) is 7.89. The van der Waals surface area contributed by atoms with Crippen molar-refractivity contribution in [1.29, 1.82) is 0 Å². The Balaban J connectivity index is 2.52. The van der Waals surface area contributed by atoms with Crippen LogP contribution in [0.25, 0.3) is 0 Å². The second kappa shape index (κ2) is 5.01. The van der Waals surface area contributed by atoms with Crippen molar-refractivity contribution in [2.75, 3.05) is 0 Å². The molecule has 2 unspecified atom stereocenters. The summed E-state index contributed by atoms with van der Waals surface area (Å²) in [6.45, 7) is 6.49. The Hall–Kier alpha value is -0.280. The van der Waals surface area contributed by atoms with Crippen LogP contribution in [0.2, 0.25) is 0 Å². The fourth-order valence-corrected chi connectivity index (χ4v) is 3.86. The lowest BCUT2D eigenvalue weighted by Gasteiger charge is -2.31. The maximum atomic E-state index is 10.3. The summed E-state index contributed by atoms with van der Waals surface area (Å²) >= 11 is 7.02. The van der Waals surface area contributed by atoms with Gasteiger partial charge in [0.15, 0.2) is 0 Å². The first-order chi connectivity index (χ1) is 8.40. The molecule has 3 heteroatoms. The molecule has 18 heavy (non-hydrogen) atoms. The third-order valence-corrected chi connectivity index (χ3v) is 5.92. The third-order valence-electron chi connectivity index (χ3n) is 4.48. The first-order valence-electron chi connectivity index (χ1n) is 6.19. The minimum Gasteiger partial charge on any atom is -0.508 e. The highest BCUT2D eigenvalue weighted by molar-refractivity contribution is 9.11. The molecule has 0 amide bonds. The van der Waals surface area contributed by atoms with Gasteiger partial charge >= 0.3 is 0 Å². The summed E-state index contributed by atoms with van der Waals surface area (Å²) in [5.41, 5.74) is 3.56. The van der Waals surface area contributed by atoms with Gasteiger partial charge in [0.25, 0.3) is 0 Å². The highest BCUT2D eigenvalue weighted by Crippen LogP contribution is 2.51. The number of benzene rings is 1. The van der Waals surface area contributed by atoms with E-state index in [0.717, 1.165) is 28.4 Å². The molecule has 1 fully saturated rings. The van der Waals surface area contributed by atoms with Crippen LogP contribution in [0.1, 0.15) is 37.8 Å². The smallest absolute Gasteiger partial charge is 0.119 e. The van der Waals surface area contributed by atoms with Crippen molar-refractivity contribution < 1.29 is 5.11 Å². The number of phenolic OH excluding ortho intramolecular Hbond substituents is 1. The van der Waals surface area contributed by atoms with Gasteiger partial charge in [-0.2, -0.15) is 0 Å². The molecule has 1 aliphatic rings. The zero-order valence-corrected chi connectivity index (χ0v) is 14.1. The SMILES string of the molecule is Cc1cc(O)c(C2(C)CCC(=CBr)C2C)cc1Br. The lowest BCUT2D eigenvalue weighted by Crippen LogP contribution is -2.25. The van der Waals surface area contributed by atoms with Crippen LogP contribution in [0, 0.1) is 12.8 Å². The first kappa shape index (κ1) is 14.1. The molecule has 0 spiro atoms. The van der Waals surface area contributed by atoms with Crippen molar-refractivity contribution in [1.82, 2.24) is 0 Å². The molecule has 0 saturated heterocycles. The fourth-order valence-electron chi connectivity index (χ4n) is 2.89. The summed E-state index contributed by atoms with van der Waals surface area (Å²) in [6.07, 6.45) is 2.17. The maximum Gasteiger partial charge on any atom is 0.119 e. The van der Waals surface area contributed by atoms with Crippen LogP contribution < -0.4 is 0 Å². The average molecular weight is 374 g/mol. The van der Waals surface area contributed by atoms with Gasteiger partial charge in [-0.05, 0) is 48.4 Å². The van der Waals surface area contributed by atoms with Crippen LogP contribution in [0.5, 0.6) is 5.75 Å². The van der Waals surface area contributed by atoms with Gasteiger partial charge < -0.3 is 5.11 Å². The lowest BCUT2D eigenvalue weighted by atomic mass is 9.73. The Morgan fingerprint density at radius 3 is 2.67 bits per heavy atom. The van der Waals surface area contributed by atoms with Gasteiger partial charge in [-0.15, -0.1) is 0 Å². The molecule has 1 saturated carbocycles. The van der Waals surface area contributed by atoms with Crippen molar-refractivity contribution in [3.8, 4) is 5.75 Å². The maximum absolute atomic E-state index is 10.3. The summed E-state index contributed by atoms with van der Waals surface area (Å²) in [4.78, 5) is 2.04. The number of phenols is 1. The van der Waals surface area contributed by atoms with E-state index in [2.05, 4.69) is 51.8 Å². The van der Waals surface area contributed by atoms with Crippen molar-refractivity contribution in [3.05, 3.63) is 38.3 Å². The number of hydrogen-bond acceptors (Lipinski definition) is 1. The monoisotopic (exact) mass is 372 g/mol. The van der Waals surface area contributed by atoms with Crippen molar-refractivity contribution >= 4 is 31.9 Å². The molecule has 1 nitrogen and oxygen atoms in total. The van der Waals surface area contributed by atoms with Gasteiger partial charge in [0.2, 0.25) is 0 Å². The standard InChI is InChI=1S/C15H18Br2O/c1-9-6-14(18)12(7-13(9)17)15(3)5-4-11(8-16)10(15)2/h6-8,10,18H,4-5H2,1-3H3. The quantitative estimate of drug-likeness (QED) is 0.695. The fraction of sp³-hybridized carbons (Fsp3) is 0.467. The van der Waals surface area contributed by atoms with E-state index < -0.39 is 0 Å². The molecule has 2 rings (SSSR count). The average Bonchev–Trinajstić information content (AvgIpc) is 2.61. The molecule has 1 aromatic rings. The van der Waals surface area contributed by atoms with Gasteiger partial charge in [0.05, 0.1) is 0 Å². The van der Waals surface area contributed by atoms with Gasteiger partial charge in [0.1, 0.15) is 5.75 Å². The van der Waals surface area contributed by atoms with E-state index in [9.17, 15) is 5.11 Å². The van der Waals surface area contributed by atoms with Crippen LogP contribution in [0.4, 0.5) is 0 Å². The molecule has 0 heterocycles. The summed E-state index contributed by atoms with van der Waals surface area (Å²) < 4.78 is 1.07. The molecule has 0 aliphatic heterocycles. The van der Waals surface area contributed by atoms with E-state index in [4.69, 9.17) is 0 Å². The van der Waals surface area contributed by atoms with E-state index in [1.54, 1.807) is 0 Å². The summed E-state index contributed by atoms with van der Waals surface area (Å²) in [6, 6.07) is 3.94. The summed E-state index contributed by atoms with van der Waals surface area (Å²) in [5, 5.41) is 10.3. The topological polar surface area (TPSA) is 20.2 Å². The Labute approximate surface area is 126 Å². The van der Waals surface area contributed by atoms with Gasteiger partial charge in [-0.3, -0.25) is 0 Å². The number of hydrogen-bond donors (Lipinski definition) is 1. The van der Waals surface area contributed by atoms with Crippen molar-refractivity contribution in [2.45, 2.75) is 39.0 Å². The van der Waals surface area contributed by atoms with Crippen molar-refractivity contribution in [3.63, 3.8) is 0 Å². The Morgan fingerprint density at radius 2 is 2.11 bits per heavy atom. The number of rotatable bonds is 1. The predicted molar refractivity (Wildman–Crippen MR) is 83.3 cm³/mol. The molecular weight excluding hydrogens is 356 g/mol. The highest BCUT2D eigenvalue weighted by atomic mass is 79.9. The normalized spacial score (nSPS) is 30.1. The number of aryl methyl sites for hydroxylation is 1. The van der Waals surface area contributed by atoms with Crippen molar-refractivity contribution in [2.24, 2.45) is 5.92 Å². The molecule has 1 aromatic carbocycles. The van der Waals surface area contributed by atoms with Crippen LogP contribution in [-0.2, 0) is 5.41 Å². The summed E-state index contributed by atoms with van der Waals surface area (Å²) in [7, 11) is 0. The third kappa shape index (κ3) is 2.16. The van der Waals surface area contributed by atoms with Crippen LogP contribution in [0.3, 0.4) is 0 Å². The number of allylic oxidation sites excluding steroid dienone is 1. The molecule has 0 radical (unpaired) electrons. The minimum absolute atomic E-state index is 0.0138. The minimum atomic E-state index is 0.0138. The lowest BCUT2D eigenvalue weighted by molar-refractivity contribution is 0.369. The Morgan fingerprint density at radius 1 is 1.44 bits per heavy atom. The van der Waals surface area contributed by atoms with Crippen LogP contribution in [0.15, 0.2) is 27.2 Å². The van der Waals surface area contributed by atoms with Gasteiger partial charge in [-0.1, -0.05) is 51.3 Å². The molecule has 0 bridgehead atoms. The number of aromatic hydroxyl groups is 1. The molecule has 1 N–H and O–H groups in total. The largest absolute Gasteiger partial charge is 0.508 e. The Kier molecular flexibility index (Phi) is 3.93. The van der Waals surface area contributed by atoms with E-state index in [1.807, 2.05) is 18.0 Å². The Bertz CT molecular complexity index is 507. The number of halogens is 2. The molecule has 0 aromatic heterocycles. The molecular formula is C15H18Br2O. The van der Waals surface area contributed by atoms with Gasteiger partial charge in [0, 0.05) is 15.5 Å². The van der Waals surface area contributed by atoms with Gasteiger partial charge in [-0.25, -0.2) is 0 Å².